The summed E-state index contributed by atoms with van der Waals surface area (Å²) in [6, 6.07) is 11.6. The standard InChI is InChI=1S/C28H26F7NO4/c1-25(15-36(16-27(30,31)32)24(39)40-14-17-5-3-2-4-6-17)12-20(28(33,34)35)11-19-13-26(19,25)21-9-18(10-23(37)38)7-8-22(21)29/h2-9,11,19H,10,12-16H2,1H3,(H,37,38)/t19-,25?,26?/m0/s1. The van der Waals surface area contributed by atoms with E-state index in [4.69, 9.17) is 9.84 Å². The molecule has 0 aliphatic heterocycles. The van der Waals surface area contributed by atoms with Gasteiger partial charge < -0.3 is 9.84 Å². The first-order chi connectivity index (χ1) is 18.5. The number of carboxylic acids is 1. The predicted molar refractivity (Wildman–Crippen MR) is 129 cm³/mol. The van der Waals surface area contributed by atoms with Crippen LogP contribution in [0.1, 0.15) is 36.5 Å². The molecule has 1 saturated carbocycles. The maximum Gasteiger partial charge on any atom is 0.412 e. The normalized spacial score (nSPS) is 24.1. The van der Waals surface area contributed by atoms with Crippen LogP contribution in [0.4, 0.5) is 35.5 Å². The van der Waals surface area contributed by atoms with Gasteiger partial charge in [0.05, 0.1) is 6.42 Å². The lowest BCUT2D eigenvalue weighted by Crippen LogP contribution is -2.51. The van der Waals surface area contributed by atoms with E-state index in [2.05, 4.69) is 0 Å². The highest BCUT2D eigenvalue weighted by Gasteiger charge is 2.69. The van der Waals surface area contributed by atoms with E-state index in [1.54, 1.807) is 30.3 Å². The molecule has 0 aromatic heterocycles. The number of rotatable bonds is 8. The van der Waals surface area contributed by atoms with Crippen molar-refractivity contribution >= 4 is 12.1 Å². The maximum atomic E-state index is 15.2. The van der Waals surface area contributed by atoms with E-state index in [-0.39, 0.29) is 24.2 Å². The lowest BCUT2D eigenvalue weighted by atomic mass is 9.62. The van der Waals surface area contributed by atoms with E-state index in [9.17, 15) is 35.9 Å². The first-order valence-corrected chi connectivity index (χ1v) is 12.3. The number of aliphatic carboxylic acids is 1. The van der Waals surface area contributed by atoms with Gasteiger partial charge >= 0.3 is 24.4 Å². The molecule has 2 unspecified atom stereocenters. The highest BCUT2D eigenvalue weighted by Crippen LogP contribution is 2.70. The molecule has 1 N–H and O–H groups in total. The van der Waals surface area contributed by atoms with Crippen LogP contribution < -0.4 is 0 Å². The number of carbonyl (C=O) groups excluding carboxylic acids is 1. The summed E-state index contributed by atoms with van der Waals surface area (Å²) >= 11 is 0. The zero-order chi connectivity index (χ0) is 29.5. The quantitative estimate of drug-likeness (QED) is 0.278. The molecule has 0 saturated heterocycles. The number of carbonyl (C=O) groups is 2. The minimum atomic E-state index is -4.90. The zero-order valence-corrected chi connectivity index (χ0v) is 21.3. The van der Waals surface area contributed by atoms with Gasteiger partial charge in [-0.2, -0.15) is 26.3 Å². The van der Waals surface area contributed by atoms with Gasteiger partial charge in [-0.05, 0) is 46.9 Å². The monoisotopic (exact) mass is 573 g/mol. The van der Waals surface area contributed by atoms with Gasteiger partial charge in [-0.25, -0.2) is 9.18 Å². The highest BCUT2D eigenvalue weighted by molar-refractivity contribution is 5.70. The van der Waals surface area contributed by atoms with Crippen LogP contribution in [0, 0.1) is 17.2 Å². The fourth-order valence-electron chi connectivity index (χ4n) is 5.92. The third kappa shape index (κ3) is 6.10. The molecular weight excluding hydrogens is 547 g/mol. The molecule has 1 amide bonds. The number of nitrogens with zero attached hydrogens (tertiary/aromatic N) is 1. The van der Waals surface area contributed by atoms with Crippen molar-refractivity contribution < 1.29 is 50.2 Å². The van der Waals surface area contributed by atoms with Gasteiger partial charge in [-0.1, -0.05) is 55.5 Å². The molecule has 2 aliphatic carbocycles. The first-order valence-electron chi connectivity index (χ1n) is 12.3. The molecule has 12 heteroatoms. The lowest BCUT2D eigenvalue weighted by Gasteiger charge is -2.45. The molecule has 2 aliphatic rings. The number of amides is 1. The van der Waals surface area contributed by atoms with Gasteiger partial charge in [-0.15, -0.1) is 0 Å². The molecular formula is C28H26F7NO4. The van der Waals surface area contributed by atoms with Gasteiger partial charge in [0.15, 0.2) is 0 Å². The summed E-state index contributed by atoms with van der Waals surface area (Å²) in [7, 11) is 0. The topological polar surface area (TPSA) is 66.8 Å². The van der Waals surface area contributed by atoms with Crippen LogP contribution in [0.15, 0.2) is 60.2 Å². The van der Waals surface area contributed by atoms with Gasteiger partial charge in [0.25, 0.3) is 0 Å². The minimum absolute atomic E-state index is 0.0184. The van der Waals surface area contributed by atoms with Crippen LogP contribution in [-0.4, -0.2) is 47.5 Å². The van der Waals surface area contributed by atoms with E-state index in [0.717, 1.165) is 12.1 Å². The summed E-state index contributed by atoms with van der Waals surface area (Å²) in [4.78, 5) is 24.5. The number of fused-ring (bicyclic) bond motifs is 1. The molecule has 0 heterocycles. The van der Waals surface area contributed by atoms with Crippen molar-refractivity contribution in [1.29, 1.82) is 0 Å². The number of alkyl halides is 6. The fraction of sp³-hybridized carbons (Fsp3) is 0.429. The average molecular weight is 574 g/mol. The number of ether oxygens (including phenoxy) is 1. The Morgan fingerprint density at radius 3 is 2.33 bits per heavy atom. The van der Waals surface area contributed by atoms with Crippen LogP contribution in [0.25, 0.3) is 0 Å². The van der Waals surface area contributed by atoms with Gasteiger partial charge in [-0.3, -0.25) is 9.69 Å². The Bertz CT molecular complexity index is 1310. The van der Waals surface area contributed by atoms with E-state index in [1.165, 1.54) is 19.1 Å². The van der Waals surface area contributed by atoms with E-state index in [1.807, 2.05) is 0 Å². The Kier molecular flexibility index (Phi) is 7.68. The van der Waals surface area contributed by atoms with Crippen molar-refractivity contribution in [1.82, 2.24) is 4.90 Å². The SMILES string of the molecule is CC1(CN(CC(F)(F)F)C(=O)OCc2ccccc2)CC(C(F)(F)F)=C[C@H]2CC21c1cc(CC(=O)O)ccc1F. The van der Waals surface area contributed by atoms with Gasteiger partial charge in [0, 0.05) is 17.5 Å². The third-order valence-electron chi connectivity index (χ3n) is 7.68. The van der Waals surface area contributed by atoms with E-state index < -0.39 is 78.5 Å². The molecule has 0 spiro atoms. The summed E-state index contributed by atoms with van der Waals surface area (Å²) in [6.45, 7) is -1.66. The van der Waals surface area contributed by atoms with Gasteiger partial charge in [0.1, 0.15) is 19.0 Å². The minimum Gasteiger partial charge on any atom is -0.481 e. The molecule has 1 fully saturated rings. The predicted octanol–water partition coefficient (Wildman–Crippen LogP) is 6.81. The van der Waals surface area contributed by atoms with Crippen molar-refractivity contribution in [3.63, 3.8) is 0 Å². The summed E-state index contributed by atoms with van der Waals surface area (Å²) in [6.07, 6.45) is -11.4. The average Bonchev–Trinajstić information content (AvgIpc) is 3.59. The summed E-state index contributed by atoms with van der Waals surface area (Å²) in [5.74, 6) is -2.92. The molecule has 0 radical (unpaired) electrons. The Balaban J connectivity index is 1.74. The van der Waals surface area contributed by atoms with Crippen LogP contribution in [0.2, 0.25) is 0 Å². The van der Waals surface area contributed by atoms with Crippen molar-refractivity contribution in [3.05, 3.63) is 82.7 Å². The second-order valence-corrected chi connectivity index (χ2v) is 10.6. The Morgan fingerprint density at radius 1 is 1.05 bits per heavy atom. The number of halogens is 7. The van der Waals surface area contributed by atoms with E-state index in [0.29, 0.717) is 10.5 Å². The molecule has 216 valence electrons. The van der Waals surface area contributed by atoms with Crippen molar-refractivity contribution in [2.24, 2.45) is 11.3 Å². The molecule has 5 nitrogen and oxygen atoms in total. The Hall–Kier alpha value is -3.57. The molecule has 2 aromatic rings. The highest BCUT2D eigenvalue weighted by atomic mass is 19.4. The summed E-state index contributed by atoms with van der Waals surface area (Å²) < 4.78 is 103. The molecule has 0 bridgehead atoms. The number of hydrogen-bond donors (Lipinski definition) is 1. The number of benzene rings is 2. The van der Waals surface area contributed by atoms with Crippen LogP contribution in [0.5, 0.6) is 0 Å². The largest absolute Gasteiger partial charge is 0.481 e. The molecule has 3 atom stereocenters. The zero-order valence-electron chi connectivity index (χ0n) is 21.3. The Morgan fingerprint density at radius 2 is 1.73 bits per heavy atom. The second kappa shape index (κ2) is 10.4. The first kappa shape index (κ1) is 29.4. The number of hydrogen-bond acceptors (Lipinski definition) is 3. The van der Waals surface area contributed by atoms with Gasteiger partial charge in [0.2, 0.25) is 0 Å². The molecule has 2 aromatic carbocycles. The van der Waals surface area contributed by atoms with Crippen molar-refractivity contribution in [3.8, 4) is 0 Å². The van der Waals surface area contributed by atoms with Crippen molar-refractivity contribution in [2.45, 2.75) is 50.6 Å². The smallest absolute Gasteiger partial charge is 0.412 e. The van der Waals surface area contributed by atoms with Crippen LogP contribution >= 0.6 is 0 Å². The molecule has 4 rings (SSSR count). The number of carboxylic acid groups (broad SMARTS) is 1. The molecule has 40 heavy (non-hydrogen) atoms. The fourth-order valence-corrected chi connectivity index (χ4v) is 5.92. The second-order valence-electron chi connectivity index (χ2n) is 10.6. The van der Waals surface area contributed by atoms with Crippen LogP contribution in [-0.2, 0) is 28.0 Å². The Labute approximate surface area is 225 Å². The third-order valence-corrected chi connectivity index (χ3v) is 7.68. The number of allylic oxidation sites excluding steroid dienone is 2. The van der Waals surface area contributed by atoms with Crippen LogP contribution in [0.3, 0.4) is 0 Å². The van der Waals surface area contributed by atoms with Crippen molar-refractivity contribution in [2.75, 3.05) is 13.1 Å². The lowest BCUT2D eigenvalue weighted by molar-refractivity contribution is -0.147. The maximum absolute atomic E-state index is 15.2. The summed E-state index contributed by atoms with van der Waals surface area (Å²) in [5.41, 5.74) is -3.49. The summed E-state index contributed by atoms with van der Waals surface area (Å²) in [5, 5.41) is 9.17. The van der Waals surface area contributed by atoms with E-state index >= 15 is 4.39 Å².